The lowest BCUT2D eigenvalue weighted by Crippen LogP contribution is -2.43. The fourth-order valence-electron chi connectivity index (χ4n) is 5.97. The number of hydrogen-bond donors (Lipinski definition) is 1. The van der Waals surface area contributed by atoms with E-state index in [2.05, 4.69) is 12.2 Å². The number of benzene rings is 2. The van der Waals surface area contributed by atoms with Gasteiger partial charge < -0.3 is 5.32 Å². The maximum Gasteiger partial charge on any atom is 0.280 e. The number of nitrogens with one attached hydrogen (secondary N) is 1. The smallest absolute Gasteiger partial charge is 0.280 e. The van der Waals surface area contributed by atoms with Crippen LogP contribution in [0.3, 0.4) is 0 Å². The van der Waals surface area contributed by atoms with Gasteiger partial charge >= 0.3 is 0 Å². The molecule has 2 bridgehead atoms. The largest absolute Gasteiger partial charge is 0.349 e. The van der Waals surface area contributed by atoms with Crippen molar-refractivity contribution in [3.8, 4) is 22.4 Å². The second-order valence-corrected chi connectivity index (χ2v) is 9.55. The summed E-state index contributed by atoms with van der Waals surface area (Å²) in [6.45, 7) is 4.38. The first kappa shape index (κ1) is 21.6. The van der Waals surface area contributed by atoms with Crippen molar-refractivity contribution in [2.24, 2.45) is 17.8 Å². The fraction of sp³-hybridized carbons (Fsp3) is 0.393. The number of carbonyl (C=O) groups is 1. The van der Waals surface area contributed by atoms with Gasteiger partial charge in [0.25, 0.3) is 11.5 Å². The number of hydrogen-bond acceptors (Lipinski definition) is 3. The average molecular weight is 442 g/mol. The lowest BCUT2D eigenvalue weighted by atomic mass is 9.84. The van der Waals surface area contributed by atoms with Crippen molar-refractivity contribution in [2.75, 3.05) is 0 Å². The van der Waals surface area contributed by atoms with Crippen molar-refractivity contribution in [3.05, 3.63) is 76.6 Å². The highest BCUT2D eigenvalue weighted by Gasteiger charge is 2.42. The molecule has 4 atom stereocenters. The second-order valence-electron chi connectivity index (χ2n) is 9.55. The van der Waals surface area contributed by atoms with Crippen molar-refractivity contribution in [1.82, 2.24) is 15.1 Å². The van der Waals surface area contributed by atoms with Gasteiger partial charge in [-0.25, -0.2) is 4.68 Å². The molecule has 0 aliphatic heterocycles. The number of fused-ring (bicyclic) bond motifs is 2. The lowest BCUT2D eigenvalue weighted by Gasteiger charge is -2.29. The first-order valence-electron chi connectivity index (χ1n) is 12.1. The molecule has 2 aliphatic rings. The summed E-state index contributed by atoms with van der Waals surface area (Å²) in [7, 11) is 0. The Morgan fingerprint density at radius 2 is 1.70 bits per heavy atom. The zero-order chi connectivity index (χ0) is 22.9. The van der Waals surface area contributed by atoms with Crippen LogP contribution in [-0.4, -0.2) is 21.7 Å². The van der Waals surface area contributed by atoms with Gasteiger partial charge in [0.1, 0.15) is 5.56 Å². The third-order valence-electron chi connectivity index (χ3n) is 7.59. The van der Waals surface area contributed by atoms with Gasteiger partial charge in [0.05, 0.1) is 5.69 Å². The van der Waals surface area contributed by atoms with E-state index in [1.165, 1.54) is 30.4 Å². The Hall–Kier alpha value is -3.21. The molecule has 0 radical (unpaired) electrons. The highest BCUT2D eigenvalue weighted by atomic mass is 16.2. The molecule has 0 saturated heterocycles. The molecule has 5 heteroatoms. The number of carbonyl (C=O) groups excluding carboxylic acids is 1. The highest BCUT2D eigenvalue weighted by molar-refractivity contribution is 6.03. The van der Waals surface area contributed by atoms with Crippen molar-refractivity contribution < 1.29 is 4.79 Å². The van der Waals surface area contributed by atoms with Gasteiger partial charge in [0.15, 0.2) is 0 Å². The monoisotopic (exact) mass is 441 g/mol. The van der Waals surface area contributed by atoms with E-state index < -0.39 is 0 Å². The quantitative estimate of drug-likeness (QED) is 0.575. The van der Waals surface area contributed by atoms with E-state index in [1.807, 2.05) is 67.6 Å². The Morgan fingerprint density at radius 3 is 2.27 bits per heavy atom. The summed E-state index contributed by atoms with van der Waals surface area (Å²) in [6.07, 6.45) is 5.06. The van der Waals surface area contributed by atoms with Crippen molar-refractivity contribution in [3.63, 3.8) is 0 Å². The molecule has 170 valence electrons. The minimum absolute atomic E-state index is 0.0410. The standard InChI is InChI=1S/C28H31N3O2/c1-3-31-28(33)25(27(32)29-18(2)23-17-19-14-15-22(23)16-19)24(20-10-6-4-7-11-20)26(30-31)21-12-8-5-9-13-21/h4-13,18-19,22-23H,3,14-17H2,1-2H3,(H,29,32). The summed E-state index contributed by atoms with van der Waals surface area (Å²) in [6, 6.07) is 19.5. The van der Waals surface area contributed by atoms with Crippen molar-refractivity contribution in [1.29, 1.82) is 0 Å². The number of aromatic nitrogens is 2. The Kier molecular flexibility index (Phi) is 5.88. The topological polar surface area (TPSA) is 64.0 Å². The number of rotatable bonds is 6. The summed E-state index contributed by atoms with van der Waals surface area (Å²) in [5.74, 6) is 1.71. The van der Waals surface area contributed by atoms with Gasteiger partial charge in [0, 0.05) is 23.7 Å². The molecule has 1 heterocycles. The SMILES string of the molecule is CCn1nc(-c2ccccc2)c(-c2ccccc2)c(C(=O)NC(C)C2CC3CCC2C3)c1=O. The molecular weight excluding hydrogens is 410 g/mol. The molecule has 0 spiro atoms. The summed E-state index contributed by atoms with van der Waals surface area (Å²) in [5.41, 5.74) is 2.81. The van der Waals surface area contributed by atoms with E-state index in [4.69, 9.17) is 5.10 Å². The van der Waals surface area contributed by atoms with E-state index in [0.29, 0.717) is 29.6 Å². The zero-order valence-electron chi connectivity index (χ0n) is 19.3. The molecule has 3 aromatic rings. The summed E-state index contributed by atoms with van der Waals surface area (Å²) in [4.78, 5) is 27.2. The highest BCUT2D eigenvalue weighted by Crippen LogP contribution is 2.49. The molecule has 2 saturated carbocycles. The number of amides is 1. The molecule has 4 unspecified atom stereocenters. The van der Waals surface area contributed by atoms with Crippen molar-refractivity contribution in [2.45, 2.75) is 52.1 Å². The molecule has 2 aromatic carbocycles. The van der Waals surface area contributed by atoms with Crippen molar-refractivity contribution >= 4 is 5.91 Å². The van der Waals surface area contributed by atoms with Crippen LogP contribution < -0.4 is 10.9 Å². The fourth-order valence-corrected chi connectivity index (χ4v) is 5.97. The Bertz CT molecular complexity index is 1200. The van der Waals surface area contributed by atoms with Gasteiger partial charge in [-0.15, -0.1) is 0 Å². The van der Waals surface area contributed by atoms with Crippen LogP contribution in [0.5, 0.6) is 0 Å². The van der Waals surface area contributed by atoms with Crippen LogP contribution in [0.15, 0.2) is 65.5 Å². The Morgan fingerprint density at radius 1 is 1.03 bits per heavy atom. The molecule has 1 amide bonds. The van der Waals surface area contributed by atoms with E-state index in [0.717, 1.165) is 17.0 Å². The van der Waals surface area contributed by atoms with Crippen LogP contribution in [0.2, 0.25) is 0 Å². The molecule has 33 heavy (non-hydrogen) atoms. The maximum atomic E-state index is 13.7. The van der Waals surface area contributed by atoms with E-state index in [-0.39, 0.29) is 23.1 Å². The minimum atomic E-state index is -0.339. The van der Waals surface area contributed by atoms with E-state index in [1.54, 1.807) is 0 Å². The van der Waals surface area contributed by atoms with Crippen LogP contribution >= 0.6 is 0 Å². The Balaban J connectivity index is 1.62. The van der Waals surface area contributed by atoms with Gasteiger partial charge in [-0.2, -0.15) is 5.10 Å². The van der Waals surface area contributed by atoms with Gasteiger partial charge in [-0.3, -0.25) is 9.59 Å². The number of aryl methyl sites for hydroxylation is 1. The second kappa shape index (κ2) is 8.97. The average Bonchev–Trinajstić information content (AvgIpc) is 3.49. The normalized spacial score (nSPS) is 22.3. The summed E-state index contributed by atoms with van der Waals surface area (Å²) < 4.78 is 1.41. The van der Waals surface area contributed by atoms with Gasteiger partial charge in [-0.1, -0.05) is 67.1 Å². The predicted octanol–water partition coefficient (Wildman–Crippen LogP) is 5.15. The van der Waals surface area contributed by atoms with Crippen LogP contribution in [0.25, 0.3) is 22.4 Å². The minimum Gasteiger partial charge on any atom is -0.349 e. The predicted molar refractivity (Wildman–Crippen MR) is 131 cm³/mol. The summed E-state index contributed by atoms with van der Waals surface area (Å²) >= 11 is 0. The van der Waals surface area contributed by atoms with Crippen LogP contribution in [0, 0.1) is 17.8 Å². The number of nitrogens with zero attached hydrogens (tertiary/aromatic N) is 2. The molecule has 2 fully saturated rings. The van der Waals surface area contributed by atoms with Crippen LogP contribution in [-0.2, 0) is 6.54 Å². The molecule has 1 N–H and O–H groups in total. The van der Waals surface area contributed by atoms with Crippen LogP contribution in [0.4, 0.5) is 0 Å². The van der Waals surface area contributed by atoms with Crippen LogP contribution in [0.1, 0.15) is 49.9 Å². The maximum absolute atomic E-state index is 13.7. The molecule has 1 aromatic heterocycles. The van der Waals surface area contributed by atoms with E-state index >= 15 is 0 Å². The zero-order valence-corrected chi connectivity index (χ0v) is 19.3. The first-order valence-corrected chi connectivity index (χ1v) is 12.1. The van der Waals surface area contributed by atoms with Gasteiger partial charge in [-0.05, 0) is 56.4 Å². The molecule has 5 nitrogen and oxygen atoms in total. The van der Waals surface area contributed by atoms with E-state index in [9.17, 15) is 9.59 Å². The third kappa shape index (κ3) is 4.01. The molecular formula is C28H31N3O2. The van der Waals surface area contributed by atoms with Gasteiger partial charge in [0.2, 0.25) is 0 Å². The molecule has 5 rings (SSSR count). The molecule has 2 aliphatic carbocycles. The first-order chi connectivity index (χ1) is 16.1. The third-order valence-corrected chi connectivity index (χ3v) is 7.59. The lowest BCUT2D eigenvalue weighted by molar-refractivity contribution is 0.0913. The Labute approximate surface area is 194 Å². The summed E-state index contributed by atoms with van der Waals surface area (Å²) in [5, 5.41) is 7.92.